The van der Waals surface area contributed by atoms with E-state index in [2.05, 4.69) is 67.7 Å². The van der Waals surface area contributed by atoms with Gasteiger partial charge in [-0.25, -0.2) is 29.7 Å². The summed E-state index contributed by atoms with van der Waals surface area (Å²) in [5, 5.41) is -0.191. The van der Waals surface area contributed by atoms with Gasteiger partial charge in [0.25, 0.3) is 11.4 Å². The highest BCUT2D eigenvalue weighted by Gasteiger charge is 2.51. The van der Waals surface area contributed by atoms with E-state index < -0.39 is 28.1 Å². The minimum atomic E-state index is -2.39. The quantitative estimate of drug-likeness (QED) is 0.0714. The van der Waals surface area contributed by atoms with Gasteiger partial charge in [-0.2, -0.15) is 0 Å². The molecule has 58 heavy (non-hydrogen) atoms. The summed E-state index contributed by atoms with van der Waals surface area (Å²) in [6, 6.07) is 48.1. The van der Waals surface area contributed by atoms with Crippen LogP contribution in [0.15, 0.2) is 166 Å². The maximum atomic E-state index is 6.66. The van der Waals surface area contributed by atoms with Gasteiger partial charge in [0.1, 0.15) is 11.4 Å². The molecule has 2 unspecified atom stereocenters. The molecule has 0 fully saturated rings. The minimum Gasteiger partial charge on any atom is -0.283 e. The van der Waals surface area contributed by atoms with Crippen molar-refractivity contribution in [3.05, 3.63) is 179 Å². The Balaban J connectivity index is 1.32. The van der Waals surface area contributed by atoms with Crippen molar-refractivity contribution in [3.63, 3.8) is 0 Å². The third kappa shape index (κ3) is 7.92. The first-order valence-electron chi connectivity index (χ1n) is 19.9. The predicted octanol–water partition coefficient (Wildman–Crippen LogP) is 11.8. The molecule has 5 aromatic carbocycles. The van der Waals surface area contributed by atoms with Crippen molar-refractivity contribution in [2.75, 3.05) is 0 Å². The van der Waals surface area contributed by atoms with Crippen LogP contribution in [0.1, 0.15) is 74.9 Å². The van der Waals surface area contributed by atoms with E-state index in [1.165, 1.54) is 0 Å². The number of hydrogen-bond donors (Lipinski definition) is 0. The fourth-order valence-corrected chi connectivity index (χ4v) is 7.24. The molecule has 0 aromatic heterocycles. The van der Waals surface area contributed by atoms with E-state index in [9.17, 15) is 0 Å². The van der Waals surface area contributed by atoms with E-state index in [0.29, 0.717) is 23.1 Å². The predicted molar refractivity (Wildman–Crippen MR) is 240 cm³/mol. The molecule has 2 aliphatic rings. The lowest BCUT2D eigenvalue weighted by Gasteiger charge is -2.38. The topological polar surface area (TPSA) is 86.4 Å². The molecule has 2 heterocycles. The van der Waals surface area contributed by atoms with E-state index in [1.54, 1.807) is 0 Å². The maximum absolute atomic E-state index is 6.66. The van der Waals surface area contributed by atoms with E-state index in [0.717, 1.165) is 33.4 Å². The summed E-state index contributed by atoms with van der Waals surface area (Å²) >= 11 is 0. The summed E-state index contributed by atoms with van der Waals surface area (Å²) in [6.45, 7) is 21.8. The lowest BCUT2D eigenvalue weighted by molar-refractivity contribution is -0.282. The fourth-order valence-electron chi connectivity index (χ4n) is 6.08. The molecule has 2 aliphatic heterocycles. The molecule has 0 saturated carbocycles. The van der Waals surface area contributed by atoms with Crippen LogP contribution in [-0.4, -0.2) is 39.7 Å². The van der Waals surface area contributed by atoms with Crippen LogP contribution in [0.25, 0.3) is 0 Å². The van der Waals surface area contributed by atoms with Crippen LogP contribution in [0.3, 0.4) is 0 Å². The second kappa shape index (κ2) is 15.7. The number of nitrogens with zero attached hydrogens (tertiary/aromatic N) is 4. The summed E-state index contributed by atoms with van der Waals surface area (Å²) in [5.41, 5.74) is 3.67. The van der Waals surface area contributed by atoms with E-state index in [-0.39, 0.29) is 10.1 Å². The van der Waals surface area contributed by atoms with Gasteiger partial charge in [0, 0.05) is 33.4 Å². The van der Waals surface area contributed by atoms with Crippen LogP contribution in [0, 0.1) is 0 Å². The van der Waals surface area contributed by atoms with Crippen LogP contribution < -0.4 is 0 Å². The maximum Gasteiger partial charge on any atom is 0.261 e. The van der Waals surface area contributed by atoms with E-state index >= 15 is 0 Å². The highest BCUT2D eigenvalue weighted by atomic mass is 28.4. The van der Waals surface area contributed by atoms with Gasteiger partial charge in [-0.05, 0) is 36.3 Å². The fraction of sp³-hybridized carbons (Fsp3) is 0.292. The Morgan fingerprint density at radius 1 is 0.397 bits per heavy atom. The van der Waals surface area contributed by atoms with Crippen LogP contribution in [0.2, 0.25) is 36.3 Å². The molecule has 0 bridgehead atoms. The zero-order chi connectivity index (χ0) is 41.4. The normalized spacial score (nSPS) is 20.0. The Bertz CT molecular complexity index is 2180. The van der Waals surface area contributed by atoms with Crippen molar-refractivity contribution >= 4 is 39.7 Å². The zero-order valence-electron chi connectivity index (χ0n) is 35.3. The molecule has 5 aromatic rings. The van der Waals surface area contributed by atoms with Crippen molar-refractivity contribution in [1.29, 1.82) is 0 Å². The third-order valence-corrected chi connectivity index (χ3v) is 20.0. The number of hydrogen-bond acceptors (Lipinski definition) is 8. The number of rotatable bonds is 12. The van der Waals surface area contributed by atoms with Crippen molar-refractivity contribution in [2.24, 2.45) is 20.0 Å². The Hall–Kier alpha value is -4.95. The molecule has 8 nitrogen and oxygen atoms in total. The Labute approximate surface area is 345 Å². The van der Waals surface area contributed by atoms with Gasteiger partial charge in [0.05, 0.1) is 0 Å². The number of aliphatic imine (C=N–C) groups is 4. The average molecular weight is 807 g/mol. The molecule has 0 aliphatic carbocycles. The zero-order valence-corrected chi connectivity index (χ0v) is 37.3. The van der Waals surface area contributed by atoms with Gasteiger partial charge in [0.15, 0.2) is 11.7 Å². The molecule has 0 saturated heterocycles. The average Bonchev–Trinajstić information content (AvgIpc) is 3.81. The van der Waals surface area contributed by atoms with Crippen LogP contribution in [-0.2, 0) is 30.4 Å². The van der Waals surface area contributed by atoms with E-state index in [1.807, 2.05) is 146 Å². The first-order valence-corrected chi connectivity index (χ1v) is 25.7. The van der Waals surface area contributed by atoms with Crippen molar-refractivity contribution < 1.29 is 18.9 Å². The lowest BCUT2D eigenvalue weighted by Crippen LogP contribution is -2.45. The van der Waals surface area contributed by atoms with Gasteiger partial charge in [-0.15, -0.1) is 0 Å². The molecule has 0 spiro atoms. The van der Waals surface area contributed by atoms with Crippen LogP contribution >= 0.6 is 0 Å². The Kier molecular flexibility index (Phi) is 11.1. The number of amidine groups is 2. The largest absolute Gasteiger partial charge is 0.283 e. The monoisotopic (exact) mass is 806 g/mol. The summed E-state index contributed by atoms with van der Waals surface area (Å²) in [6.07, 6.45) is 0. The third-order valence-electron chi connectivity index (χ3n) is 11.8. The highest BCUT2D eigenvalue weighted by molar-refractivity contribution is 6.74. The summed E-state index contributed by atoms with van der Waals surface area (Å²) in [4.78, 5) is 34.4. The van der Waals surface area contributed by atoms with Crippen LogP contribution in [0.4, 0.5) is 0 Å². The van der Waals surface area contributed by atoms with Gasteiger partial charge < -0.3 is 0 Å². The second-order valence-electron chi connectivity index (χ2n) is 18.0. The first-order chi connectivity index (χ1) is 27.5. The smallest absolute Gasteiger partial charge is 0.261 e. The molecule has 0 N–H and O–H groups in total. The second-order valence-corrected chi connectivity index (χ2v) is 27.3. The standard InChI is InChI=1S/C48H54N4O4Si2/c1-45(2,3)57(7,8)55-53-47(39-27-19-13-20-28-39)41(35-23-15-11-16-24-35)49-43(51-47)37-31-33-38(34-32-37)44-50-42(36-25-17-12-18-26-36)48(52-44,40-29-21-14-22-30-40)54-56-58(9,10)46(4,5)6/h11-34H,1-10H3. The van der Waals surface area contributed by atoms with Gasteiger partial charge in [-0.3, -0.25) is 9.15 Å². The lowest BCUT2D eigenvalue weighted by atomic mass is 9.93. The van der Waals surface area contributed by atoms with Crippen molar-refractivity contribution in [2.45, 2.75) is 89.3 Å². The Morgan fingerprint density at radius 2 is 0.690 bits per heavy atom. The van der Waals surface area contributed by atoms with Gasteiger partial charge >= 0.3 is 0 Å². The molecular formula is C48H54N4O4Si2. The molecule has 0 radical (unpaired) electrons. The van der Waals surface area contributed by atoms with Gasteiger partial charge in [-0.1, -0.05) is 187 Å². The molecule has 2 atom stereocenters. The van der Waals surface area contributed by atoms with Gasteiger partial charge in [0.2, 0.25) is 16.6 Å². The van der Waals surface area contributed by atoms with Crippen molar-refractivity contribution in [3.8, 4) is 0 Å². The molecule has 7 rings (SSSR count). The molecule has 10 heteroatoms. The summed E-state index contributed by atoms with van der Waals surface area (Å²) in [5.74, 6) is 1.05. The summed E-state index contributed by atoms with van der Waals surface area (Å²) in [7, 11) is -4.78. The molecule has 298 valence electrons. The van der Waals surface area contributed by atoms with E-state index in [4.69, 9.17) is 38.9 Å². The SMILES string of the molecule is CC(C)(C)[Si](C)(C)OOC1(c2ccccc2)N=C(c2ccc(C3=NC(OO[Si](C)(C)C(C)(C)C)(c4ccccc4)C(c4ccccc4)=N3)cc2)N=C1c1ccccc1. The Morgan fingerprint density at radius 3 is 0.983 bits per heavy atom. The minimum absolute atomic E-state index is 0.0955. The number of benzene rings is 5. The van der Waals surface area contributed by atoms with Crippen LogP contribution in [0.5, 0.6) is 0 Å². The van der Waals surface area contributed by atoms with Crippen molar-refractivity contribution in [1.82, 2.24) is 0 Å². The highest BCUT2D eigenvalue weighted by Crippen LogP contribution is 2.44. The summed E-state index contributed by atoms with van der Waals surface area (Å²) < 4.78 is 13.0. The first kappa shape index (κ1) is 41.2. The molecule has 0 amide bonds. The molecular weight excluding hydrogens is 753 g/mol.